The first kappa shape index (κ1) is 28.6. The highest BCUT2D eigenvalue weighted by atomic mass is 16.4. The van der Waals surface area contributed by atoms with Gasteiger partial charge < -0.3 is 15.1 Å². The second-order valence-electron chi connectivity index (χ2n) is 11.9. The Morgan fingerprint density at radius 2 is 1.81 bits per heavy atom. The Bertz CT molecular complexity index is 1770. The topological polar surface area (TPSA) is 109 Å². The van der Waals surface area contributed by atoms with E-state index in [0.717, 1.165) is 63.6 Å². The van der Waals surface area contributed by atoms with Crippen LogP contribution in [0, 0.1) is 19.8 Å². The molecular weight excluding hydrogens is 540 g/mol. The SMILES string of the molecule is Cc1nc(N2CC[C@H](CC(=O)O)C2)ccc1-n1nc(-c2cccc3nn(C[C@H](O)c4ccccc4)cc23)c(C(C)C)c1C. The standard InChI is InChI=1S/C34H38N6O3/c1-21(2)33-23(4)40(29-13-14-31(35-22(29)3)38-16-15-24(18-38)17-32(42)43)37-34(33)26-11-8-12-28-27(26)19-39(36-28)20-30(41)25-9-6-5-7-10-25/h5-14,19,21,24,30,41H,15-18,20H2,1-4H3,(H,42,43)/t24-,30+/m1/s1. The minimum atomic E-state index is -0.745. The number of anilines is 1. The highest BCUT2D eigenvalue weighted by Crippen LogP contribution is 2.37. The van der Waals surface area contributed by atoms with Gasteiger partial charge in [0.1, 0.15) is 5.82 Å². The van der Waals surface area contributed by atoms with Crippen molar-refractivity contribution in [2.45, 2.75) is 59.1 Å². The molecule has 0 aliphatic carbocycles. The van der Waals surface area contributed by atoms with E-state index in [1.165, 1.54) is 5.56 Å². The number of aromatic nitrogens is 5. The molecule has 4 heterocycles. The van der Waals surface area contributed by atoms with Gasteiger partial charge in [-0.3, -0.25) is 9.48 Å². The first-order valence-corrected chi connectivity index (χ1v) is 14.9. The summed E-state index contributed by atoms with van der Waals surface area (Å²) in [5.41, 5.74) is 7.66. The normalized spacial score (nSPS) is 16.0. The van der Waals surface area contributed by atoms with Crippen molar-refractivity contribution >= 4 is 22.7 Å². The van der Waals surface area contributed by atoms with Crippen LogP contribution in [0.5, 0.6) is 0 Å². The van der Waals surface area contributed by atoms with Crippen molar-refractivity contribution in [3.63, 3.8) is 0 Å². The van der Waals surface area contributed by atoms with Crippen LogP contribution in [-0.4, -0.2) is 53.8 Å². The Morgan fingerprint density at radius 3 is 2.53 bits per heavy atom. The van der Waals surface area contributed by atoms with Gasteiger partial charge >= 0.3 is 5.97 Å². The Balaban J connectivity index is 1.34. The van der Waals surface area contributed by atoms with Crippen LogP contribution in [0.1, 0.15) is 61.2 Å². The van der Waals surface area contributed by atoms with E-state index in [1.54, 1.807) is 0 Å². The van der Waals surface area contributed by atoms with Crippen LogP contribution in [0.15, 0.2) is 66.9 Å². The molecule has 3 aromatic heterocycles. The summed E-state index contributed by atoms with van der Waals surface area (Å²) in [6, 6.07) is 19.8. The Labute approximate surface area is 251 Å². The molecule has 1 aliphatic rings. The maximum atomic E-state index is 11.2. The summed E-state index contributed by atoms with van der Waals surface area (Å²) < 4.78 is 3.81. The third kappa shape index (κ3) is 5.64. The molecule has 6 rings (SSSR count). The molecule has 5 aromatic rings. The zero-order chi connectivity index (χ0) is 30.2. The number of aliphatic hydroxyl groups is 1. The van der Waals surface area contributed by atoms with E-state index in [2.05, 4.69) is 37.8 Å². The molecule has 222 valence electrons. The lowest BCUT2D eigenvalue weighted by Gasteiger charge is -2.19. The largest absolute Gasteiger partial charge is 0.481 e. The van der Waals surface area contributed by atoms with Crippen LogP contribution < -0.4 is 4.90 Å². The van der Waals surface area contributed by atoms with Crippen LogP contribution in [0.4, 0.5) is 5.82 Å². The van der Waals surface area contributed by atoms with Crippen molar-refractivity contribution in [3.8, 4) is 16.9 Å². The quantitative estimate of drug-likeness (QED) is 0.219. The number of benzene rings is 2. The molecule has 2 aromatic carbocycles. The van der Waals surface area contributed by atoms with Gasteiger partial charge in [0, 0.05) is 47.9 Å². The van der Waals surface area contributed by atoms with Gasteiger partial charge in [0.05, 0.1) is 35.2 Å². The number of carboxylic acids is 1. The summed E-state index contributed by atoms with van der Waals surface area (Å²) in [7, 11) is 0. The first-order valence-electron chi connectivity index (χ1n) is 14.9. The van der Waals surface area contributed by atoms with Crippen molar-refractivity contribution < 1.29 is 15.0 Å². The van der Waals surface area contributed by atoms with E-state index in [1.807, 2.05) is 71.0 Å². The third-order valence-electron chi connectivity index (χ3n) is 8.48. The lowest BCUT2D eigenvalue weighted by atomic mass is 9.95. The summed E-state index contributed by atoms with van der Waals surface area (Å²) in [6.45, 7) is 10.4. The summed E-state index contributed by atoms with van der Waals surface area (Å²) in [5, 5.41) is 31.0. The van der Waals surface area contributed by atoms with Gasteiger partial charge in [-0.15, -0.1) is 0 Å². The van der Waals surface area contributed by atoms with E-state index in [0.29, 0.717) is 13.1 Å². The lowest BCUT2D eigenvalue weighted by Crippen LogP contribution is -2.22. The van der Waals surface area contributed by atoms with E-state index in [-0.39, 0.29) is 18.3 Å². The molecule has 0 saturated carbocycles. The van der Waals surface area contributed by atoms with Crippen LogP contribution in [0.3, 0.4) is 0 Å². The number of aliphatic hydroxyl groups excluding tert-OH is 1. The number of carboxylic acid groups (broad SMARTS) is 1. The Morgan fingerprint density at radius 1 is 1.02 bits per heavy atom. The van der Waals surface area contributed by atoms with E-state index < -0.39 is 12.1 Å². The van der Waals surface area contributed by atoms with E-state index in [9.17, 15) is 15.0 Å². The number of carbonyl (C=O) groups is 1. The predicted molar refractivity (Wildman–Crippen MR) is 168 cm³/mol. The minimum Gasteiger partial charge on any atom is -0.481 e. The number of pyridine rings is 1. The molecule has 0 unspecified atom stereocenters. The average Bonchev–Trinajstić information content (AvgIpc) is 3.70. The van der Waals surface area contributed by atoms with Crippen molar-refractivity contribution in [1.82, 2.24) is 24.5 Å². The third-order valence-corrected chi connectivity index (χ3v) is 8.48. The number of fused-ring (bicyclic) bond motifs is 1. The zero-order valence-electron chi connectivity index (χ0n) is 25.1. The Hall–Kier alpha value is -4.50. The van der Waals surface area contributed by atoms with Gasteiger partial charge in [0.15, 0.2) is 0 Å². The van der Waals surface area contributed by atoms with Crippen molar-refractivity contribution in [2.24, 2.45) is 5.92 Å². The maximum Gasteiger partial charge on any atom is 0.303 e. The number of hydrogen-bond donors (Lipinski definition) is 2. The monoisotopic (exact) mass is 578 g/mol. The minimum absolute atomic E-state index is 0.150. The molecule has 2 atom stereocenters. The van der Waals surface area contributed by atoms with Crippen molar-refractivity contribution in [2.75, 3.05) is 18.0 Å². The van der Waals surface area contributed by atoms with Crippen LogP contribution in [0.2, 0.25) is 0 Å². The van der Waals surface area contributed by atoms with Gasteiger partial charge in [0.2, 0.25) is 0 Å². The van der Waals surface area contributed by atoms with Crippen LogP contribution >= 0.6 is 0 Å². The number of nitrogens with zero attached hydrogens (tertiary/aromatic N) is 6. The predicted octanol–water partition coefficient (Wildman–Crippen LogP) is 6.06. The first-order chi connectivity index (χ1) is 20.7. The molecule has 43 heavy (non-hydrogen) atoms. The van der Waals surface area contributed by atoms with Gasteiger partial charge in [-0.25, -0.2) is 9.67 Å². The fraction of sp³-hybridized carbons (Fsp3) is 0.353. The molecular formula is C34H38N6O3. The average molecular weight is 579 g/mol. The van der Waals surface area contributed by atoms with Gasteiger partial charge in [0.25, 0.3) is 0 Å². The number of aliphatic carboxylic acids is 1. The molecule has 0 bridgehead atoms. The number of hydrogen-bond acceptors (Lipinski definition) is 6. The summed E-state index contributed by atoms with van der Waals surface area (Å²) in [5.74, 6) is 0.512. The summed E-state index contributed by atoms with van der Waals surface area (Å²) in [6.07, 6.45) is 2.40. The summed E-state index contributed by atoms with van der Waals surface area (Å²) in [4.78, 5) is 18.3. The molecule has 1 fully saturated rings. The second-order valence-corrected chi connectivity index (χ2v) is 11.9. The van der Waals surface area contributed by atoms with Crippen LogP contribution in [0.25, 0.3) is 27.8 Å². The van der Waals surface area contributed by atoms with Crippen molar-refractivity contribution in [1.29, 1.82) is 0 Å². The Kier molecular flexibility index (Phi) is 7.75. The molecule has 1 saturated heterocycles. The molecule has 0 amide bonds. The second kappa shape index (κ2) is 11.6. The molecule has 0 radical (unpaired) electrons. The van der Waals surface area contributed by atoms with Gasteiger partial charge in [-0.2, -0.15) is 10.2 Å². The molecule has 1 aliphatic heterocycles. The van der Waals surface area contributed by atoms with E-state index in [4.69, 9.17) is 15.2 Å². The smallest absolute Gasteiger partial charge is 0.303 e. The summed E-state index contributed by atoms with van der Waals surface area (Å²) >= 11 is 0. The number of rotatable bonds is 9. The highest BCUT2D eigenvalue weighted by Gasteiger charge is 2.27. The molecule has 0 spiro atoms. The van der Waals surface area contributed by atoms with Gasteiger partial charge in [-0.1, -0.05) is 56.3 Å². The fourth-order valence-electron chi connectivity index (χ4n) is 6.38. The molecule has 9 nitrogen and oxygen atoms in total. The fourth-order valence-corrected chi connectivity index (χ4v) is 6.38. The zero-order valence-corrected chi connectivity index (χ0v) is 25.1. The van der Waals surface area contributed by atoms with Gasteiger partial charge in [-0.05, 0) is 55.9 Å². The van der Waals surface area contributed by atoms with Crippen molar-refractivity contribution in [3.05, 3.63) is 89.4 Å². The highest BCUT2D eigenvalue weighted by molar-refractivity contribution is 5.94. The van der Waals surface area contributed by atoms with E-state index >= 15 is 0 Å². The lowest BCUT2D eigenvalue weighted by molar-refractivity contribution is -0.137. The van der Waals surface area contributed by atoms with Crippen LogP contribution in [-0.2, 0) is 11.3 Å². The maximum absolute atomic E-state index is 11.2. The number of aryl methyl sites for hydroxylation is 1. The molecule has 9 heteroatoms. The molecule has 2 N–H and O–H groups in total.